The quantitative estimate of drug-likeness (QED) is 0.379. The molecule has 152 valence electrons. The molecule has 1 aliphatic heterocycles. The van der Waals surface area contributed by atoms with Gasteiger partial charge in [-0.2, -0.15) is 0 Å². The van der Waals surface area contributed by atoms with Crippen LogP contribution in [-0.4, -0.2) is 70.1 Å². The van der Waals surface area contributed by atoms with E-state index in [-0.39, 0.29) is 30.2 Å². The number of anilines is 1. The molecule has 1 fully saturated rings. The maximum atomic E-state index is 11.7. The van der Waals surface area contributed by atoms with E-state index in [1.54, 1.807) is 0 Å². The Labute approximate surface area is 156 Å². The van der Waals surface area contributed by atoms with Gasteiger partial charge < -0.3 is 31.1 Å². The van der Waals surface area contributed by atoms with Gasteiger partial charge >= 0.3 is 0 Å². The van der Waals surface area contributed by atoms with E-state index in [0.717, 1.165) is 26.1 Å². The number of hydrogen-bond donors (Lipinski definition) is 5. The molecule has 1 aromatic rings. The normalized spacial score (nSPS) is 12.7. The molecular formula is C16H27N5O6. The van der Waals surface area contributed by atoms with Crippen molar-refractivity contribution in [3.63, 3.8) is 0 Å². The van der Waals surface area contributed by atoms with Crippen LogP contribution in [0.1, 0.15) is 31.5 Å². The van der Waals surface area contributed by atoms with E-state index >= 15 is 0 Å². The maximum absolute atomic E-state index is 11.7. The van der Waals surface area contributed by atoms with Gasteiger partial charge in [-0.15, -0.1) is 0 Å². The van der Waals surface area contributed by atoms with Gasteiger partial charge in [0, 0.05) is 25.5 Å². The second kappa shape index (κ2) is 15.3. The Kier molecular flexibility index (Phi) is 13.6. The standard InChI is InChI=1S/C14H23N5O2.2CH2O2/c15-11-10-14(21)18-12(17-11)5-6-16-13(20)4-3-9-19-7-1-2-8-19;2*2-1-3/h10H,1-9H2,(H,16,20)(H3,15,17,18,21);2*1H,(H,2,3). The second-order valence-corrected chi connectivity index (χ2v) is 5.58. The van der Waals surface area contributed by atoms with E-state index in [4.69, 9.17) is 25.5 Å². The van der Waals surface area contributed by atoms with Gasteiger partial charge in [0.15, 0.2) is 0 Å². The summed E-state index contributed by atoms with van der Waals surface area (Å²) in [7, 11) is 0. The number of H-pyrrole nitrogens is 1. The number of carbonyl (C=O) groups excluding carboxylic acids is 1. The predicted molar refractivity (Wildman–Crippen MR) is 98.3 cm³/mol. The number of aromatic amines is 1. The minimum absolute atomic E-state index is 0.0421. The van der Waals surface area contributed by atoms with Crippen LogP contribution in [-0.2, 0) is 20.8 Å². The highest BCUT2D eigenvalue weighted by Crippen LogP contribution is 2.08. The van der Waals surface area contributed by atoms with Crippen molar-refractivity contribution in [3.8, 4) is 0 Å². The molecule has 1 aliphatic rings. The van der Waals surface area contributed by atoms with Crippen molar-refractivity contribution in [2.75, 3.05) is 31.9 Å². The summed E-state index contributed by atoms with van der Waals surface area (Å²) in [5, 5.41) is 16.6. The van der Waals surface area contributed by atoms with Crippen molar-refractivity contribution in [2.24, 2.45) is 0 Å². The van der Waals surface area contributed by atoms with Crippen LogP contribution >= 0.6 is 0 Å². The zero-order chi connectivity index (χ0) is 20.5. The first kappa shape index (κ1) is 24.1. The fourth-order valence-electron chi connectivity index (χ4n) is 2.53. The number of nitrogen functional groups attached to an aromatic ring is 1. The fraction of sp³-hybridized carbons (Fsp3) is 0.562. The highest BCUT2D eigenvalue weighted by Gasteiger charge is 2.11. The first-order chi connectivity index (χ1) is 13.0. The number of likely N-dealkylation sites (tertiary alicyclic amines) is 1. The molecule has 0 aliphatic carbocycles. The molecule has 0 aromatic carbocycles. The number of hydrogen-bond acceptors (Lipinski definition) is 7. The van der Waals surface area contributed by atoms with Gasteiger partial charge in [-0.1, -0.05) is 0 Å². The lowest BCUT2D eigenvalue weighted by Gasteiger charge is -2.13. The van der Waals surface area contributed by atoms with Crippen molar-refractivity contribution in [1.29, 1.82) is 0 Å². The van der Waals surface area contributed by atoms with E-state index in [1.807, 2.05) is 0 Å². The molecule has 0 radical (unpaired) electrons. The molecule has 6 N–H and O–H groups in total. The van der Waals surface area contributed by atoms with Gasteiger partial charge in [0.25, 0.3) is 18.5 Å². The predicted octanol–water partition coefficient (Wildman–Crippen LogP) is -0.712. The van der Waals surface area contributed by atoms with Crippen LogP contribution in [0.3, 0.4) is 0 Å². The van der Waals surface area contributed by atoms with Crippen molar-refractivity contribution in [3.05, 3.63) is 22.2 Å². The summed E-state index contributed by atoms with van der Waals surface area (Å²) in [5.74, 6) is 0.739. The molecule has 1 amide bonds. The number of rotatable bonds is 7. The molecule has 2 heterocycles. The Hall–Kier alpha value is -2.95. The summed E-state index contributed by atoms with van der Waals surface area (Å²) in [6.45, 7) is 3.28. The first-order valence-corrected chi connectivity index (χ1v) is 8.47. The minimum atomic E-state index is -0.269. The van der Waals surface area contributed by atoms with Gasteiger partial charge in [-0.25, -0.2) is 4.98 Å². The van der Waals surface area contributed by atoms with Gasteiger partial charge in [-0.05, 0) is 38.9 Å². The number of amides is 1. The SMILES string of the molecule is Nc1cc(=O)[nH]c(CCNC(=O)CCCN2CCCC2)n1.O=CO.O=CO. The number of nitrogens with zero attached hydrogens (tertiary/aromatic N) is 2. The summed E-state index contributed by atoms with van der Waals surface area (Å²) in [5.41, 5.74) is 5.22. The van der Waals surface area contributed by atoms with Crippen molar-refractivity contribution >= 4 is 24.7 Å². The fourth-order valence-corrected chi connectivity index (χ4v) is 2.53. The maximum Gasteiger partial charge on any atom is 0.290 e. The topological polar surface area (TPSA) is 179 Å². The average Bonchev–Trinajstić information content (AvgIpc) is 3.09. The van der Waals surface area contributed by atoms with Crippen LogP contribution in [0.2, 0.25) is 0 Å². The summed E-state index contributed by atoms with van der Waals surface area (Å²) in [4.78, 5) is 48.6. The van der Waals surface area contributed by atoms with Gasteiger partial charge in [-0.3, -0.25) is 19.2 Å². The molecule has 0 spiro atoms. The van der Waals surface area contributed by atoms with E-state index < -0.39 is 0 Å². The summed E-state index contributed by atoms with van der Waals surface area (Å²) in [6, 6.07) is 1.24. The highest BCUT2D eigenvalue weighted by molar-refractivity contribution is 5.75. The molecule has 11 heteroatoms. The summed E-state index contributed by atoms with van der Waals surface area (Å²) < 4.78 is 0. The van der Waals surface area contributed by atoms with Gasteiger partial charge in [0.05, 0.1) is 0 Å². The third-order valence-corrected chi connectivity index (χ3v) is 3.57. The highest BCUT2D eigenvalue weighted by atomic mass is 16.3. The lowest BCUT2D eigenvalue weighted by molar-refractivity contribution is -0.123. The molecule has 0 bridgehead atoms. The zero-order valence-electron chi connectivity index (χ0n) is 15.1. The van der Waals surface area contributed by atoms with Crippen molar-refractivity contribution in [2.45, 2.75) is 32.1 Å². The molecule has 11 nitrogen and oxygen atoms in total. The smallest absolute Gasteiger partial charge is 0.290 e. The summed E-state index contributed by atoms with van der Waals surface area (Å²) >= 11 is 0. The van der Waals surface area contributed by atoms with Crippen LogP contribution in [0.25, 0.3) is 0 Å². The monoisotopic (exact) mass is 385 g/mol. The van der Waals surface area contributed by atoms with Crippen molar-refractivity contribution < 1.29 is 24.6 Å². The Balaban J connectivity index is 0.000000997. The molecule has 1 saturated heterocycles. The van der Waals surface area contributed by atoms with E-state index in [1.165, 1.54) is 18.9 Å². The third kappa shape index (κ3) is 13.0. The molecule has 0 atom stereocenters. The van der Waals surface area contributed by atoms with Gasteiger partial charge in [0.2, 0.25) is 5.91 Å². The second-order valence-electron chi connectivity index (χ2n) is 5.58. The lowest BCUT2D eigenvalue weighted by atomic mass is 10.2. The minimum Gasteiger partial charge on any atom is -0.483 e. The third-order valence-electron chi connectivity index (χ3n) is 3.57. The Morgan fingerprint density at radius 1 is 1.30 bits per heavy atom. The number of nitrogens with one attached hydrogen (secondary N) is 2. The lowest BCUT2D eigenvalue weighted by Crippen LogP contribution is -2.28. The number of aromatic nitrogens is 2. The Morgan fingerprint density at radius 3 is 2.44 bits per heavy atom. The largest absolute Gasteiger partial charge is 0.483 e. The van der Waals surface area contributed by atoms with E-state index in [0.29, 0.717) is 25.2 Å². The van der Waals surface area contributed by atoms with Crippen LogP contribution in [0.15, 0.2) is 10.9 Å². The molecule has 2 rings (SSSR count). The first-order valence-electron chi connectivity index (χ1n) is 8.47. The summed E-state index contributed by atoms with van der Waals surface area (Å²) in [6.07, 6.45) is 4.45. The van der Waals surface area contributed by atoms with Crippen LogP contribution < -0.4 is 16.6 Å². The van der Waals surface area contributed by atoms with E-state index in [9.17, 15) is 9.59 Å². The number of carbonyl (C=O) groups is 3. The zero-order valence-corrected chi connectivity index (χ0v) is 15.1. The molecule has 27 heavy (non-hydrogen) atoms. The van der Waals surface area contributed by atoms with Crippen LogP contribution in [0.5, 0.6) is 0 Å². The molecule has 0 unspecified atom stereocenters. The van der Waals surface area contributed by atoms with Gasteiger partial charge in [0.1, 0.15) is 11.6 Å². The Morgan fingerprint density at radius 2 is 1.89 bits per heavy atom. The Bertz CT molecular complexity index is 610. The number of nitrogens with two attached hydrogens (primary N) is 1. The van der Waals surface area contributed by atoms with Crippen molar-refractivity contribution in [1.82, 2.24) is 20.2 Å². The molecular weight excluding hydrogens is 358 g/mol. The average molecular weight is 385 g/mol. The molecule has 0 saturated carbocycles. The van der Waals surface area contributed by atoms with E-state index in [2.05, 4.69) is 20.2 Å². The number of carboxylic acid groups (broad SMARTS) is 2. The van der Waals surface area contributed by atoms with Crippen LogP contribution in [0, 0.1) is 0 Å². The molecule has 1 aromatic heterocycles. The van der Waals surface area contributed by atoms with Crippen LogP contribution in [0.4, 0.5) is 5.82 Å².